The molecule has 0 aliphatic rings. The first-order chi connectivity index (χ1) is 9.13. The van der Waals surface area contributed by atoms with Crippen molar-refractivity contribution < 1.29 is 13.6 Å². The van der Waals surface area contributed by atoms with Crippen molar-refractivity contribution in [3.63, 3.8) is 0 Å². The smallest absolute Gasteiger partial charge is 0.222 e. The van der Waals surface area contributed by atoms with Crippen LogP contribution >= 0.6 is 0 Å². The van der Waals surface area contributed by atoms with E-state index in [9.17, 15) is 13.6 Å². The van der Waals surface area contributed by atoms with Crippen molar-refractivity contribution >= 4 is 5.91 Å². The van der Waals surface area contributed by atoms with E-state index in [1.54, 1.807) is 0 Å². The molecule has 1 heterocycles. The monoisotopic (exact) mass is 266 g/mol. The molecule has 0 aliphatic carbocycles. The Hall–Kier alpha value is -2.31. The molecule has 1 aromatic carbocycles. The fraction of sp³-hybridized carbons (Fsp3) is 0.250. The van der Waals surface area contributed by atoms with Gasteiger partial charge in [0.2, 0.25) is 5.91 Å². The predicted molar refractivity (Wildman–Crippen MR) is 62.8 cm³/mol. The van der Waals surface area contributed by atoms with Gasteiger partial charge in [-0.1, -0.05) is 0 Å². The largest absolute Gasteiger partial charge is 0.352 e. The highest BCUT2D eigenvalue weighted by molar-refractivity contribution is 5.75. The highest BCUT2D eigenvalue weighted by Gasteiger charge is 2.04. The van der Waals surface area contributed by atoms with Crippen molar-refractivity contribution in [1.29, 1.82) is 0 Å². The third-order valence-electron chi connectivity index (χ3n) is 2.45. The number of hydrogen-bond acceptors (Lipinski definition) is 3. The number of amides is 1. The van der Waals surface area contributed by atoms with Crippen LogP contribution in [0.3, 0.4) is 0 Å². The number of halogens is 2. The molecule has 1 N–H and O–H groups in total. The summed E-state index contributed by atoms with van der Waals surface area (Å²) in [6.45, 7) is 0.494. The van der Waals surface area contributed by atoms with E-state index < -0.39 is 11.6 Å². The van der Waals surface area contributed by atoms with E-state index in [4.69, 9.17) is 0 Å². The lowest BCUT2D eigenvalue weighted by atomic mass is 10.2. The molecule has 0 spiro atoms. The fourth-order valence-corrected chi connectivity index (χ4v) is 1.57. The second kappa shape index (κ2) is 6.03. The second-order valence-corrected chi connectivity index (χ2v) is 3.96. The maximum atomic E-state index is 12.9. The Balaban J connectivity index is 1.79. The average molecular weight is 266 g/mol. The minimum atomic E-state index is -0.660. The van der Waals surface area contributed by atoms with E-state index in [0.29, 0.717) is 12.1 Å². The van der Waals surface area contributed by atoms with E-state index in [1.807, 2.05) is 0 Å². The molecule has 2 rings (SSSR count). The predicted octanol–water partition coefficient (Wildman–Crippen LogP) is 1.26. The number of aromatic nitrogens is 3. The number of carbonyl (C=O) groups is 1. The van der Waals surface area contributed by atoms with Gasteiger partial charge in [0.1, 0.15) is 24.3 Å². The van der Waals surface area contributed by atoms with Crippen LogP contribution in [0.2, 0.25) is 0 Å². The fourth-order valence-electron chi connectivity index (χ4n) is 1.57. The van der Waals surface area contributed by atoms with Crippen LogP contribution in [0, 0.1) is 11.6 Å². The molecule has 0 bridgehead atoms. The molecule has 0 saturated heterocycles. The van der Waals surface area contributed by atoms with Crippen molar-refractivity contribution in [1.82, 2.24) is 20.1 Å². The molecule has 1 aromatic heterocycles. The van der Waals surface area contributed by atoms with Gasteiger partial charge in [0.15, 0.2) is 0 Å². The van der Waals surface area contributed by atoms with Crippen molar-refractivity contribution in [3.05, 3.63) is 48.1 Å². The molecule has 0 atom stereocenters. The van der Waals surface area contributed by atoms with Gasteiger partial charge in [-0.05, 0) is 17.7 Å². The Labute approximate surface area is 108 Å². The van der Waals surface area contributed by atoms with Crippen LogP contribution in [-0.2, 0) is 17.9 Å². The first kappa shape index (κ1) is 13.1. The van der Waals surface area contributed by atoms with Crippen LogP contribution in [0.15, 0.2) is 30.9 Å². The molecule has 0 aliphatic heterocycles. The van der Waals surface area contributed by atoms with Gasteiger partial charge in [0, 0.05) is 19.0 Å². The first-order valence-electron chi connectivity index (χ1n) is 5.67. The van der Waals surface area contributed by atoms with Gasteiger partial charge in [-0.25, -0.2) is 13.8 Å². The van der Waals surface area contributed by atoms with E-state index in [0.717, 1.165) is 6.07 Å². The molecule has 7 heteroatoms. The summed E-state index contributed by atoms with van der Waals surface area (Å²) in [5.74, 6) is -1.54. The summed E-state index contributed by atoms with van der Waals surface area (Å²) in [5.41, 5.74) is 0.381. The Morgan fingerprint density at radius 1 is 1.26 bits per heavy atom. The van der Waals surface area contributed by atoms with Crippen LogP contribution < -0.4 is 5.32 Å². The van der Waals surface area contributed by atoms with E-state index in [2.05, 4.69) is 15.4 Å². The zero-order valence-corrected chi connectivity index (χ0v) is 10.0. The van der Waals surface area contributed by atoms with Crippen LogP contribution in [0.4, 0.5) is 8.78 Å². The lowest BCUT2D eigenvalue weighted by Gasteiger charge is -2.06. The average Bonchev–Trinajstić information content (AvgIpc) is 2.86. The number of nitrogens with one attached hydrogen (secondary N) is 1. The Bertz CT molecular complexity index is 537. The van der Waals surface area contributed by atoms with Crippen molar-refractivity contribution in [2.75, 3.05) is 0 Å². The van der Waals surface area contributed by atoms with Gasteiger partial charge in [-0.2, -0.15) is 5.10 Å². The van der Waals surface area contributed by atoms with Gasteiger partial charge >= 0.3 is 0 Å². The minimum absolute atomic E-state index is 0.0882. The molecular weight excluding hydrogens is 254 g/mol. The summed E-state index contributed by atoms with van der Waals surface area (Å²) in [6, 6.07) is 3.15. The Morgan fingerprint density at radius 3 is 2.63 bits per heavy atom. The zero-order chi connectivity index (χ0) is 13.7. The van der Waals surface area contributed by atoms with Gasteiger partial charge < -0.3 is 5.32 Å². The number of benzene rings is 1. The van der Waals surface area contributed by atoms with Crippen LogP contribution in [0.5, 0.6) is 0 Å². The topological polar surface area (TPSA) is 59.8 Å². The lowest BCUT2D eigenvalue weighted by molar-refractivity contribution is -0.121. The Morgan fingerprint density at radius 2 is 2.00 bits per heavy atom. The molecule has 2 aromatic rings. The summed E-state index contributed by atoms with van der Waals surface area (Å²) in [4.78, 5) is 15.3. The first-order valence-corrected chi connectivity index (χ1v) is 5.67. The maximum Gasteiger partial charge on any atom is 0.222 e. The van der Waals surface area contributed by atoms with E-state index in [-0.39, 0.29) is 18.9 Å². The summed E-state index contributed by atoms with van der Waals surface area (Å²) < 4.78 is 27.4. The number of rotatable bonds is 5. The molecule has 100 valence electrons. The van der Waals surface area contributed by atoms with Gasteiger partial charge in [0.05, 0.1) is 6.54 Å². The standard InChI is InChI=1S/C12H12F2N4O/c13-10-3-9(4-11(14)5-10)6-16-12(19)1-2-18-8-15-7-17-18/h3-5,7-8H,1-2,6H2,(H,16,19). The quantitative estimate of drug-likeness (QED) is 0.886. The second-order valence-electron chi connectivity index (χ2n) is 3.96. The number of nitrogens with zero attached hydrogens (tertiary/aromatic N) is 3. The van der Waals surface area contributed by atoms with Crippen LogP contribution in [-0.4, -0.2) is 20.7 Å². The molecule has 0 fully saturated rings. The number of aryl methyl sites for hydroxylation is 1. The minimum Gasteiger partial charge on any atom is -0.352 e. The summed E-state index contributed by atoms with van der Waals surface area (Å²) in [6.07, 6.45) is 3.11. The molecule has 5 nitrogen and oxygen atoms in total. The van der Waals surface area contributed by atoms with Gasteiger partial charge in [-0.3, -0.25) is 9.48 Å². The number of carbonyl (C=O) groups excluding carboxylic acids is 1. The van der Waals surface area contributed by atoms with Crippen molar-refractivity contribution in [2.24, 2.45) is 0 Å². The molecule has 19 heavy (non-hydrogen) atoms. The molecule has 1 amide bonds. The SMILES string of the molecule is O=C(CCn1cncn1)NCc1cc(F)cc(F)c1. The normalized spacial score (nSPS) is 10.4. The summed E-state index contributed by atoms with van der Waals surface area (Å²) in [7, 11) is 0. The zero-order valence-electron chi connectivity index (χ0n) is 10.0. The molecular formula is C12H12F2N4O. The van der Waals surface area contributed by atoms with Crippen LogP contribution in [0.25, 0.3) is 0 Å². The van der Waals surface area contributed by atoms with Gasteiger partial charge in [-0.15, -0.1) is 0 Å². The summed E-state index contributed by atoms with van der Waals surface area (Å²) >= 11 is 0. The third-order valence-corrected chi connectivity index (χ3v) is 2.45. The van der Waals surface area contributed by atoms with Crippen LogP contribution in [0.1, 0.15) is 12.0 Å². The van der Waals surface area contributed by atoms with Crippen molar-refractivity contribution in [2.45, 2.75) is 19.5 Å². The van der Waals surface area contributed by atoms with E-state index in [1.165, 1.54) is 29.5 Å². The maximum absolute atomic E-state index is 12.9. The van der Waals surface area contributed by atoms with Crippen molar-refractivity contribution in [3.8, 4) is 0 Å². The van der Waals surface area contributed by atoms with E-state index >= 15 is 0 Å². The molecule has 0 saturated carbocycles. The lowest BCUT2D eigenvalue weighted by Crippen LogP contribution is -2.24. The van der Waals surface area contributed by atoms with Gasteiger partial charge in [0.25, 0.3) is 0 Å². The molecule has 0 radical (unpaired) electrons. The summed E-state index contributed by atoms with van der Waals surface area (Å²) in [5, 5.41) is 6.44. The highest BCUT2D eigenvalue weighted by atomic mass is 19.1. The third kappa shape index (κ3) is 4.13. The Kier molecular flexibility index (Phi) is 4.17. The molecule has 0 unspecified atom stereocenters. The highest BCUT2D eigenvalue weighted by Crippen LogP contribution is 2.07. The number of hydrogen-bond donors (Lipinski definition) is 1.